The van der Waals surface area contributed by atoms with Gasteiger partial charge in [-0.05, 0) is 12.1 Å². The van der Waals surface area contributed by atoms with Crippen molar-refractivity contribution in [3.05, 3.63) is 36.1 Å². The van der Waals surface area contributed by atoms with Crippen molar-refractivity contribution in [1.82, 2.24) is 0 Å². The molecule has 0 nitrogen and oxygen atoms in total. The summed E-state index contributed by atoms with van der Waals surface area (Å²) in [5, 5.41) is 0. The van der Waals surface area contributed by atoms with E-state index >= 15 is 0 Å². The van der Waals surface area contributed by atoms with E-state index in [-0.39, 0.29) is 24.0 Å². The molecule has 0 aliphatic heterocycles. The lowest BCUT2D eigenvalue weighted by Crippen LogP contribution is -1.63. The molecule has 0 heterocycles. The molecule has 0 saturated heterocycles. The summed E-state index contributed by atoms with van der Waals surface area (Å²) in [5.74, 6) is -0.178. The van der Waals surface area contributed by atoms with E-state index in [1.54, 1.807) is 18.2 Å². The summed E-state index contributed by atoms with van der Waals surface area (Å²) in [6.07, 6.45) is 0. The minimum Gasteiger partial charge on any atom is -0.307 e. The highest BCUT2D eigenvalue weighted by Gasteiger charge is 1.77. The fraction of sp³-hybridized carbons (Fsp3) is 0.250. The quantitative estimate of drug-likeness (QED) is 0.648. The van der Waals surface area contributed by atoms with Gasteiger partial charge in [-0.25, -0.2) is 4.39 Å². The number of hydrogen-bond acceptors (Lipinski definition) is 0. The van der Waals surface area contributed by atoms with Crippen LogP contribution in [0.3, 0.4) is 0 Å². The molecule has 11 heavy (non-hydrogen) atoms. The zero-order valence-corrected chi connectivity index (χ0v) is 9.56. The van der Waals surface area contributed by atoms with Crippen molar-refractivity contribution in [2.45, 2.75) is 11.5 Å². The summed E-state index contributed by atoms with van der Waals surface area (Å²) >= 11 is 3.62. The number of halogens is 2. The summed E-state index contributed by atoms with van der Waals surface area (Å²) in [4.78, 5) is 0. The van der Waals surface area contributed by atoms with E-state index < -0.39 is 0 Å². The van der Waals surface area contributed by atoms with Crippen molar-refractivity contribution in [3.63, 3.8) is 0 Å². The van der Waals surface area contributed by atoms with Gasteiger partial charge in [-0.3, -0.25) is 0 Å². The second-order valence-electron chi connectivity index (χ2n) is 1.98. The lowest BCUT2D eigenvalue weighted by atomic mass is 10.4. The summed E-state index contributed by atoms with van der Waals surface area (Å²) in [5.41, 5.74) is 0. The van der Waals surface area contributed by atoms with Gasteiger partial charge in [0.1, 0.15) is 5.82 Å². The van der Waals surface area contributed by atoms with Gasteiger partial charge < -0.3 is 12.9 Å². The first-order valence-electron chi connectivity index (χ1n) is 3.57. The van der Waals surface area contributed by atoms with E-state index in [1.165, 1.54) is 16.7 Å². The molecule has 58 valence electrons. The molecule has 0 spiro atoms. The van der Waals surface area contributed by atoms with Crippen molar-refractivity contribution < 1.29 is 4.39 Å². The van der Waals surface area contributed by atoms with Gasteiger partial charge in [0, 0.05) is 0 Å². The molecule has 1 aromatic carbocycles. The predicted molar refractivity (Wildman–Crippen MR) is 51.6 cm³/mol. The molecule has 1 rings (SSSR count). The van der Waals surface area contributed by atoms with Gasteiger partial charge in [-0.2, -0.15) is 0 Å². The minimum absolute atomic E-state index is 0.178. The summed E-state index contributed by atoms with van der Waals surface area (Å²) in [7, 11) is 0. The Labute approximate surface area is 82.8 Å². The Balaban J connectivity index is 0.000000218. The van der Waals surface area contributed by atoms with Crippen LogP contribution in [0.15, 0.2) is 30.3 Å². The van der Waals surface area contributed by atoms with Crippen LogP contribution in [0.5, 0.6) is 0 Å². The average molecular weight is 229 g/mol. The second-order valence-corrected chi connectivity index (χ2v) is 5.74. The van der Waals surface area contributed by atoms with E-state index in [0.717, 1.165) is 0 Å². The summed E-state index contributed by atoms with van der Waals surface area (Å²) in [6.45, 7) is 2.20. The standard InChI is InChI=1S/C6H5F.C2H5.BrH.Mg/c7-6-4-2-1-3-5-6;1-2;;/h1-5H;1H2,2H3;1H;/q;;;+1/p-1. The minimum atomic E-state index is -0.178. The van der Waals surface area contributed by atoms with Crippen LogP contribution in [0.4, 0.5) is 4.39 Å². The Morgan fingerprint density at radius 2 is 1.82 bits per heavy atom. The molecule has 0 unspecified atom stereocenters. The molecule has 0 bridgehead atoms. The smallest absolute Gasteiger partial charge is 0.307 e. The van der Waals surface area contributed by atoms with Gasteiger partial charge in [-0.1, -0.05) is 25.1 Å². The largest absolute Gasteiger partial charge is 0.468 e. The molecule has 0 aromatic heterocycles. The molecule has 3 heteroatoms. The molecule has 0 amide bonds. The average Bonchev–Trinajstić information content (AvgIpc) is 2.07. The van der Waals surface area contributed by atoms with Gasteiger partial charge >= 0.3 is 18.2 Å². The molecular weight excluding hydrogens is 219 g/mol. The van der Waals surface area contributed by atoms with Crippen molar-refractivity contribution in [1.29, 1.82) is 0 Å². The maximum Gasteiger partial charge on any atom is 0.468 e. The Morgan fingerprint density at radius 1 is 1.36 bits per heavy atom. The van der Waals surface area contributed by atoms with Gasteiger partial charge in [-0.15, -0.1) is 4.55 Å². The molecule has 0 fully saturated rings. The van der Waals surface area contributed by atoms with Crippen LogP contribution in [-0.2, 0) is 0 Å². The van der Waals surface area contributed by atoms with Gasteiger partial charge in [0.15, 0.2) is 0 Å². The van der Waals surface area contributed by atoms with Crippen LogP contribution in [-0.4, -0.2) is 18.2 Å². The van der Waals surface area contributed by atoms with E-state index in [0.29, 0.717) is 0 Å². The normalized spacial score (nSPS) is 7.55. The Kier molecular flexibility index (Phi) is 8.80. The molecule has 0 radical (unpaired) electrons. The predicted octanol–water partition coefficient (Wildman–Crippen LogP) is 3.26. The van der Waals surface area contributed by atoms with Crippen LogP contribution < -0.4 is 0 Å². The first kappa shape index (κ1) is 11.4. The lowest BCUT2D eigenvalue weighted by Gasteiger charge is -1.78. The van der Waals surface area contributed by atoms with Gasteiger partial charge in [0.05, 0.1) is 0 Å². The Hall–Kier alpha value is 0.396. The maximum absolute atomic E-state index is 11.9. The Morgan fingerprint density at radius 3 is 2.00 bits per heavy atom. The molecular formula is C8H10BrFMg. The molecule has 0 saturated carbocycles. The lowest BCUT2D eigenvalue weighted by molar-refractivity contribution is 0.628. The van der Waals surface area contributed by atoms with Gasteiger partial charge in [0.2, 0.25) is 0 Å². The third kappa shape index (κ3) is 8.30. The van der Waals surface area contributed by atoms with Crippen molar-refractivity contribution in [2.75, 3.05) is 0 Å². The second kappa shape index (κ2) is 8.49. The molecule has 0 aliphatic rings. The van der Waals surface area contributed by atoms with Crippen LogP contribution in [0.25, 0.3) is 0 Å². The van der Waals surface area contributed by atoms with Crippen molar-refractivity contribution in [3.8, 4) is 0 Å². The Bertz CT molecular complexity index is 165. The summed E-state index contributed by atoms with van der Waals surface area (Å²) in [6, 6.07) is 7.94. The number of rotatable bonds is 1. The third-order valence-corrected chi connectivity index (χ3v) is 3.68. The highest BCUT2D eigenvalue weighted by Crippen LogP contribution is 1.91. The monoisotopic (exact) mass is 228 g/mol. The first-order chi connectivity index (χ1) is 5.31. The van der Waals surface area contributed by atoms with Crippen LogP contribution >= 0.6 is 12.9 Å². The zero-order chi connectivity index (χ0) is 8.53. The van der Waals surface area contributed by atoms with Crippen LogP contribution in [0, 0.1) is 5.82 Å². The van der Waals surface area contributed by atoms with Crippen molar-refractivity contribution >= 4 is 31.1 Å². The highest BCUT2D eigenvalue weighted by atomic mass is 79.9. The van der Waals surface area contributed by atoms with Crippen molar-refractivity contribution in [2.24, 2.45) is 0 Å². The van der Waals surface area contributed by atoms with E-state index in [1.807, 2.05) is 0 Å². The first-order valence-corrected chi connectivity index (χ1v) is 8.47. The van der Waals surface area contributed by atoms with E-state index in [9.17, 15) is 4.39 Å². The SMILES string of the molecule is C[CH2][Mg][Br].Fc1ccccc1. The number of hydrogen-bond donors (Lipinski definition) is 0. The highest BCUT2D eigenvalue weighted by molar-refractivity contribution is 9.23. The van der Waals surface area contributed by atoms with E-state index in [2.05, 4.69) is 19.8 Å². The van der Waals surface area contributed by atoms with Crippen LogP contribution in [0.2, 0.25) is 4.55 Å². The zero-order valence-electron chi connectivity index (χ0n) is 6.56. The number of benzene rings is 1. The maximum atomic E-state index is 11.9. The topological polar surface area (TPSA) is 0 Å². The molecule has 0 aliphatic carbocycles. The van der Waals surface area contributed by atoms with E-state index in [4.69, 9.17) is 0 Å². The fourth-order valence-corrected chi connectivity index (χ4v) is 0.415. The third-order valence-electron chi connectivity index (χ3n) is 0.922. The van der Waals surface area contributed by atoms with Crippen LogP contribution in [0.1, 0.15) is 6.92 Å². The van der Waals surface area contributed by atoms with Gasteiger partial charge in [0.25, 0.3) is 0 Å². The molecule has 0 atom stereocenters. The molecule has 0 N–H and O–H groups in total. The summed E-state index contributed by atoms with van der Waals surface area (Å²) < 4.78 is 13.3. The fourth-order valence-electron chi connectivity index (χ4n) is 0.415. The molecule has 1 aromatic rings.